The summed E-state index contributed by atoms with van der Waals surface area (Å²) in [6, 6.07) is 1.66. The van der Waals surface area contributed by atoms with Gasteiger partial charge in [-0.15, -0.1) is 0 Å². The van der Waals surface area contributed by atoms with E-state index >= 15 is 0 Å². The van der Waals surface area contributed by atoms with Gasteiger partial charge in [-0.1, -0.05) is 0 Å². The van der Waals surface area contributed by atoms with E-state index in [1.54, 1.807) is 23.1 Å². The molecule has 2 aromatic rings. The zero-order valence-electron chi connectivity index (χ0n) is 10.00. The van der Waals surface area contributed by atoms with Crippen molar-refractivity contribution < 1.29 is 9.90 Å². The molecule has 2 N–H and O–H groups in total. The Kier molecular flexibility index (Phi) is 3.57. The van der Waals surface area contributed by atoms with Gasteiger partial charge in [-0.25, -0.2) is 4.79 Å². The van der Waals surface area contributed by atoms with Crippen LogP contribution in [0.5, 0.6) is 0 Å². The highest BCUT2D eigenvalue weighted by atomic mass is 16.4. The third-order valence-corrected chi connectivity index (χ3v) is 2.54. The summed E-state index contributed by atoms with van der Waals surface area (Å²) in [4.78, 5) is 14.8. The zero-order valence-corrected chi connectivity index (χ0v) is 10.00. The number of nitrogens with zero attached hydrogens (tertiary/aromatic N) is 3. The molecule has 0 aliphatic heterocycles. The monoisotopic (exact) mass is 246 g/mol. The Hall–Kier alpha value is -2.37. The molecule has 0 unspecified atom stereocenters. The van der Waals surface area contributed by atoms with E-state index in [2.05, 4.69) is 15.4 Å². The molecular weight excluding hydrogens is 232 g/mol. The molecule has 18 heavy (non-hydrogen) atoms. The average molecular weight is 246 g/mol. The number of anilines is 1. The predicted octanol–water partition coefficient (Wildman–Crippen LogP) is 1.17. The van der Waals surface area contributed by atoms with Gasteiger partial charge < -0.3 is 10.4 Å². The van der Waals surface area contributed by atoms with Gasteiger partial charge in [0.05, 0.1) is 11.9 Å². The van der Waals surface area contributed by atoms with Crippen LogP contribution < -0.4 is 5.32 Å². The maximum Gasteiger partial charge on any atom is 0.339 e. The number of hydrogen-bond donors (Lipinski definition) is 2. The van der Waals surface area contributed by atoms with Crippen molar-refractivity contribution in [2.24, 2.45) is 7.05 Å². The van der Waals surface area contributed by atoms with Gasteiger partial charge in [-0.3, -0.25) is 9.67 Å². The number of carboxylic acids is 1. The quantitative estimate of drug-likeness (QED) is 0.827. The third kappa shape index (κ3) is 2.85. The first kappa shape index (κ1) is 12.1. The van der Waals surface area contributed by atoms with Crippen LogP contribution in [0.4, 0.5) is 5.69 Å². The van der Waals surface area contributed by atoms with E-state index in [0.29, 0.717) is 12.2 Å². The topological polar surface area (TPSA) is 80.0 Å². The smallest absolute Gasteiger partial charge is 0.339 e. The Balaban J connectivity index is 1.96. The van der Waals surface area contributed by atoms with E-state index in [9.17, 15) is 4.79 Å². The largest absolute Gasteiger partial charge is 0.478 e. The Morgan fingerprint density at radius 1 is 1.50 bits per heavy atom. The molecular formula is C12H14N4O2. The molecule has 94 valence electrons. The van der Waals surface area contributed by atoms with Crippen LogP contribution >= 0.6 is 0 Å². The standard InChI is InChI=1S/C12H14N4O2/c1-16-8-9(6-15-16)2-5-14-11-3-4-13-7-10(11)12(17)18/h3-4,6-8H,2,5H2,1H3,(H,13,14)(H,17,18). The second-order valence-electron chi connectivity index (χ2n) is 3.93. The third-order valence-electron chi connectivity index (χ3n) is 2.54. The molecule has 2 aromatic heterocycles. The number of aromatic nitrogens is 3. The molecule has 2 heterocycles. The summed E-state index contributed by atoms with van der Waals surface area (Å²) in [5.41, 5.74) is 1.88. The van der Waals surface area contributed by atoms with Gasteiger partial charge >= 0.3 is 5.97 Å². The molecule has 2 rings (SSSR count). The number of aromatic carboxylic acids is 1. The molecule has 0 spiro atoms. The van der Waals surface area contributed by atoms with Gasteiger partial charge in [0.2, 0.25) is 0 Å². The van der Waals surface area contributed by atoms with Crippen LogP contribution in [-0.4, -0.2) is 32.4 Å². The molecule has 0 saturated heterocycles. The minimum absolute atomic E-state index is 0.184. The fourth-order valence-corrected chi connectivity index (χ4v) is 1.66. The molecule has 0 saturated carbocycles. The molecule has 6 nitrogen and oxygen atoms in total. The maximum absolute atomic E-state index is 11.0. The average Bonchev–Trinajstić information content (AvgIpc) is 2.75. The van der Waals surface area contributed by atoms with Crippen LogP contribution in [-0.2, 0) is 13.5 Å². The highest BCUT2D eigenvalue weighted by Gasteiger charge is 2.08. The van der Waals surface area contributed by atoms with Crippen LogP contribution in [0.15, 0.2) is 30.9 Å². The predicted molar refractivity (Wildman–Crippen MR) is 66.6 cm³/mol. The summed E-state index contributed by atoms with van der Waals surface area (Å²) in [6.07, 6.45) is 7.43. The summed E-state index contributed by atoms with van der Waals surface area (Å²) in [7, 11) is 1.86. The van der Waals surface area contributed by atoms with E-state index in [1.165, 1.54) is 6.20 Å². The first-order chi connectivity index (χ1) is 8.66. The van der Waals surface area contributed by atoms with Crippen molar-refractivity contribution in [2.45, 2.75) is 6.42 Å². The van der Waals surface area contributed by atoms with Gasteiger partial charge in [0.15, 0.2) is 0 Å². The van der Waals surface area contributed by atoms with Crippen LogP contribution in [0.2, 0.25) is 0 Å². The molecule has 0 amide bonds. The van der Waals surface area contributed by atoms with E-state index in [-0.39, 0.29) is 5.56 Å². The maximum atomic E-state index is 11.0. The minimum atomic E-state index is -0.980. The number of hydrogen-bond acceptors (Lipinski definition) is 4. The molecule has 0 fully saturated rings. The van der Waals surface area contributed by atoms with Crippen molar-refractivity contribution >= 4 is 11.7 Å². The summed E-state index contributed by atoms with van der Waals surface area (Å²) in [5.74, 6) is -0.980. The van der Waals surface area contributed by atoms with E-state index in [0.717, 1.165) is 12.0 Å². The number of pyridine rings is 1. The lowest BCUT2D eigenvalue weighted by Gasteiger charge is -2.07. The van der Waals surface area contributed by atoms with Gasteiger partial charge in [-0.2, -0.15) is 5.10 Å². The number of carbonyl (C=O) groups is 1. The molecule has 0 aliphatic rings. The summed E-state index contributed by atoms with van der Waals surface area (Å²) >= 11 is 0. The number of rotatable bonds is 5. The van der Waals surface area contributed by atoms with Crippen LogP contribution in [0, 0.1) is 0 Å². The fourth-order valence-electron chi connectivity index (χ4n) is 1.66. The number of nitrogens with one attached hydrogen (secondary N) is 1. The van der Waals surface area contributed by atoms with Crippen molar-refractivity contribution in [1.29, 1.82) is 0 Å². The lowest BCUT2D eigenvalue weighted by atomic mass is 10.2. The van der Waals surface area contributed by atoms with Crippen LogP contribution in [0.25, 0.3) is 0 Å². The lowest BCUT2D eigenvalue weighted by Crippen LogP contribution is -2.09. The van der Waals surface area contributed by atoms with Gasteiger partial charge in [0.25, 0.3) is 0 Å². The fraction of sp³-hybridized carbons (Fsp3) is 0.250. The Morgan fingerprint density at radius 3 is 3.00 bits per heavy atom. The number of carboxylic acid groups (broad SMARTS) is 1. The summed E-state index contributed by atoms with van der Waals surface area (Å²) < 4.78 is 1.74. The highest BCUT2D eigenvalue weighted by Crippen LogP contribution is 2.13. The van der Waals surface area contributed by atoms with E-state index in [4.69, 9.17) is 5.11 Å². The van der Waals surface area contributed by atoms with E-state index < -0.39 is 5.97 Å². The highest BCUT2D eigenvalue weighted by molar-refractivity contribution is 5.93. The Bertz CT molecular complexity index is 551. The van der Waals surface area contributed by atoms with Crippen molar-refractivity contribution in [3.63, 3.8) is 0 Å². The van der Waals surface area contributed by atoms with Gasteiger partial charge in [0.1, 0.15) is 5.56 Å². The summed E-state index contributed by atoms with van der Waals surface area (Å²) in [6.45, 7) is 0.649. The first-order valence-electron chi connectivity index (χ1n) is 5.55. The van der Waals surface area contributed by atoms with Crippen molar-refractivity contribution in [3.05, 3.63) is 42.0 Å². The van der Waals surface area contributed by atoms with Crippen LogP contribution in [0.3, 0.4) is 0 Å². The molecule has 0 aromatic carbocycles. The molecule has 0 bridgehead atoms. The lowest BCUT2D eigenvalue weighted by molar-refractivity contribution is 0.0697. The first-order valence-corrected chi connectivity index (χ1v) is 5.55. The second kappa shape index (κ2) is 5.31. The van der Waals surface area contributed by atoms with Gasteiger partial charge in [-0.05, 0) is 18.1 Å². The Labute approximate surface area is 104 Å². The minimum Gasteiger partial charge on any atom is -0.478 e. The number of aryl methyl sites for hydroxylation is 1. The van der Waals surface area contributed by atoms with E-state index in [1.807, 2.05) is 13.2 Å². The van der Waals surface area contributed by atoms with Crippen molar-refractivity contribution in [3.8, 4) is 0 Å². The molecule has 0 radical (unpaired) electrons. The molecule has 0 atom stereocenters. The van der Waals surface area contributed by atoms with Crippen LogP contribution in [0.1, 0.15) is 15.9 Å². The normalized spacial score (nSPS) is 10.3. The summed E-state index contributed by atoms with van der Waals surface area (Å²) in [5, 5.41) is 16.2. The van der Waals surface area contributed by atoms with Crippen molar-refractivity contribution in [2.75, 3.05) is 11.9 Å². The zero-order chi connectivity index (χ0) is 13.0. The second-order valence-corrected chi connectivity index (χ2v) is 3.93. The van der Waals surface area contributed by atoms with Gasteiger partial charge in [0, 0.05) is 32.2 Å². The molecule has 0 aliphatic carbocycles. The van der Waals surface area contributed by atoms with Crippen molar-refractivity contribution in [1.82, 2.24) is 14.8 Å². The molecule has 6 heteroatoms. The Morgan fingerprint density at radius 2 is 2.33 bits per heavy atom. The SMILES string of the molecule is Cn1cc(CCNc2ccncc2C(=O)O)cn1.